The third-order valence-corrected chi connectivity index (χ3v) is 5.69. The quantitative estimate of drug-likeness (QED) is 0.404. The van der Waals surface area contributed by atoms with E-state index in [1.807, 2.05) is 30.3 Å². The van der Waals surface area contributed by atoms with E-state index in [1.54, 1.807) is 11.3 Å². The molecule has 2 heterocycles. The van der Waals surface area contributed by atoms with Crippen molar-refractivity contribution in [3.8, 4) is 11.1 Å². The van der Waals surface area contributed by atoms with Crippen molar-refractivity contribution < 1.29 is 0 Å². The molecule has 0 amide bonds. The summed E-state index contributed by atoms with van der Waals surface area (Å²) in [5, 5.41) is 4.71. The van der Waals surface area contributed by atoms with Crippen LogP contribution < -0.4 is 5.32 Å². The normalized spacial score (nSPS) is 11.0. The van der Waals surface area contributed by atoms with E-state index in [1.165, 1.54) is 21.6 Å². The maximum absolute atomic E-state index is 6.21. The molecule has 130 valence electrons. The van der Waals surface area contributed by atoms with Gasteiger partial charge in [-0.1, -0.05) is 55.0 Å². The Morgan fingerprint density at radius 2 is 1.73 bits per heavy atom. The molecule has 0 spiro atoms. The number of para-hydroxylation sites is 1. The molecule has 5 heteroatoms. The topological polar surface area (TPSA) is 37.8 Å². The van der Waals surface area contributed by atoms with Crippen molar-refractivity contribution in [2.45, 2.75) is 20.3 Å². The van der Waals surface area contributed by atoms with Crippen LogP contribution in [0.5, 0.6) is 0 Å². The molecule has 26 heavy (non-hydrogen) atoms. The fraction of sp³-hybridized carbons (Fsp3) is 0.143. The highest BCUT2D eigenvalue weighted by atomic mass is 35.5. The fourth-order valence-corrected chi connectivity index (χ4v) is 4.40. The van der Waals surface area contributed by atoms with E-state index in [0.717, 1.165) is 28.1 Å². The van der Waals surface area contributed by atoms with Crippen LogP contribution in [0.2, 0.25) is 5.28 Å². The summed E-state index contributed by atoms with van der Waals surface area (Å²) < 4.78 is 0. The van der Waals surface area contributed by atoms with Gasteiger partial charge in [0, 0.05) is 16.1 Å². The lowest BCUT2D eigenvalue weighted by Gasteiger charge is -2.10. The minimum Gasteiger partial charge on any atom is -0.340 e. The molecule has 0 atom stereocenters. The number of rotatable bonds is 4. The molecule has 0 aliphatic heterocycles. The van der Waals surface area contributed by atoms with Gasteiger partial charge in [0.2, 0.25) is 5.28 Å². The molecule has 0 unspecified atom stereocenters. The van der Waals surface area contributed by atoms with Crippen LogP contribution in [0.25, 0.3) is 21.3 Å². The van der Waals surface area contributed by atoms with E-state index < -0.39 is 0 Å². The number of thiophene rings is 1. The van der Waals surface area contributed by atoms with Crippen molar-refractivity contribution in [2.24, 2.45) is 0 Å². The zero-order valence-corrected chi connectivity index (χ0v) is 16.2. The van der Waals surface area contributed by atoms with Crippen LogP contribution in [0.4, 0.5) is 11.5 Å². The molecule has 2 aromatic heterocycles. The Hall–Kier alpha value is -2.43. The number of aromatic nitrogens is 2. The van der Waals surface area contributed by atoms with Gasteiger partial charge in [-0.25, -0.2) is 4.98 Å². The Balaban J connectivity index is 1.96. The van der Waals surface area contributed by atoms with Crippen LogP contribution in [0.3, 0.4) is 0 Å². The van der Waals surface area contributed by atoms with Gasteiger partial charge in [-0.05, 0) is 42.6 Å². The van der Waals surface area contributed by atoms with Crippen LogP contribution in [0.1, 0.15) is 17.4 Å². The number of nitrogens with one attached hydrogen (secondary N) is 1. The second-order valence-corrected chi connectivity index (χ2v) is 7.55. The number of halogens is 1. The number of hydrogen-bond donors (Lipinski definition) is 1. The first-order valence-corrected chi connectivity index (χ1v) is 9.73. The van der Waals surface area contributed by atoms with Gasteiger partial charge < -0.3 is 5.32 Å². The number of anilines is 2. The Bertz CT molecular complexity index is 1060. The maximum atomic E-state index is 6.21. The van der Waals surface area contributed by atoms with Gasteiger partial charge in [-0.2, -0.15) is 4.98 Å². The van der Waals surface area contributed by atoms with Crippen LogP contribution in [0, 0.1) is 6.92 Å². The first-order chi connectivity index (χ1) is 12.7. The lowest BCUT2D eigenvalue weighted by atomic mass is 10.0. The molecule has 1 N–H and O–H groups in total. The third kappa shape index (κ3) is 3.18. The molecule has 0 aliphatic carbocycles. The van der Waals surface area contributed by atoms with Gasteiger partial charge in [0.05, 0.1) is 5.39 Å². The molecular weight excluding hydrogens is 362 g/mol. The van der Waals surface area contributed by atoms with E-state index in [4.69, 9.17) is 11.6 Å². The predicted molar refractivity (Wildman–Crippen MR) is 112 cm³/mol. The summed E-state index contributed by atoms with van der Waals surface area (Å²) in [5.74, 6) is 0.748. The zero-order valence-electron chi connectivity index (χ0n) is 14.6. The van der Waals surface area contributed by atoms with E-state index >= 15 is 0 Å². The molecule has 2 aromatic carbocycles. The van der Waals surface area contributed by atoms with Crippen molar-refractivity contribution in [1.29, 1.82) is 0 Å². The minimum absolute atomic E-state index is 0.260. The van der Waals surface area contributed by atoms with Gasteiger partial charge >= 0.3 is 0 Å². The molecule has 0 bridgehead atoms. The summed E-state index contributed by atoms with van der Waals surface area (Å²) in [6, 6.07) is 18.6. The summed E-state index contributed by atoms with van der Waals surface area (Å²) in [6.07, 6.45) is 0.937. The summed E-state index contributed by atoms with van der Waals surface area (Å²) in [7, 11) is 0. The average molecular weight is 380 g/mol. The second-order valence-electron chi connectivity index (χ2n) is 6.13. The van der Waals surface area contributed by atoms with Gasteiger partial charge in [-0.15, -0.1) is 11.3 Å². The first-order valence-electron chi connectivity index (χ1n) is 8.53. The predicted octanol–water partition coefficient (Wildman–Crippen LogP) is 6.63. The molecule has 0 saturated carbocycles. The Morgan fingerprint density at radius 3 is 2.42 bits per heavy atom. The highest BCUT2D eigenvalue weighted by Crippen LogP contribution is 2.42. The molecule has 4 aromatic rings. The summed E-state index contributed by atoms with van der Waals surface area (Å²) in [6.45, 7) is 4.27. The molecule has 0 fully saturated rings. The molecule has 0 aliphatic rings. The monoisotopic (exact) mass is 379 g/mol. The van der Waals surface area contributed by atoms with Crippen LogP contribution in [-0.2, 0) is 6.42 Å². The minimum atomic E-state index is 0.260. The molecule has 3 nitrogen and oxygen atoms in total. The van der Waals surface area contributed by atoms with Gasteiger partial charge in [0.1, 0.15) is 10.6 Å². The number of hydrogen-bond acceptors (Lipinski definition) is 4. The van der Waals surface area contributed by atoms with E-state index in [2.05, 4.69) is 53.4 Å². The van der Waals surface area contributed by atoms with E-state index in [0.29, 0.717) is 0 Å². The number of aryl methyl sites for hydroxylation is 2. The van der Waals surface area contributed by atoms with Crippen LogP contribution in [-0.4, -0.2) is 9.97 Å². The van der Waals surface area contributed by atoms with Crippen LogP contribution >= 0.6 is 22.9 Å². The Kier molecular flexibility index (Phi) is 4.62. The van der Waals surface area contributed by atoms with Crippen molar-refractivity contribution in [2.75, 3.05) is 5.32 Å². The average Bonchev–Trinajstić information content (AvgIpc) is 3.02. The molecular formula is C21H18ClN3S. The standard InChI is InChI=1S/C21H18ClN3S/c1-3-16-17(14-11-9-13(2)10-12-14)18-19(23-15-7-5-4-6-8-15)24-21(22)25-20(18)26-16/h4-12H,3H2,1-2H3,(H,23,24,25). The number of nitrogens with zero attached hydrogens (tertiary/aromatic N) is 2. The zero-order chi connectivity index (χ0) is 18.1. The largest absolute Gasteiger partial charge is 0.340 e. The Labute approximate surface area is 161 Å². The van der Waals surface area contributed by atoms with Crippen molar-refractivity contribution in [3.05, 3.63) is 70.3 Å². The molecule has 4 rings (SSSR count). The van der Waals surface area contributed by atoms with Gasteiger partial charge in [-0.3, -0.25) is 0 Å². The van der Waals surface area contributed by atoms with E-state index in [9.17, 15) is 0 Å². The lowest BCUT2D eigenvalue weighted by molar-refractivity contribution is 1.19. The SMILES string of the molecule is CCc1sc2nc(Cl)nc(Nc3ccccc3)c2c1-c1ccc(C)cc1. The third-order valence-electron chi connectivity index (χ3n) is 4.30. The van der Waals surface area contributed by atoms with E-state index in [-0.39, 0.29) is 5.28 Å². The fourth-order valence-electron chi connectivity index (χ4n) is 3.04. The Morgan fingerprint density at radius 1 is 1.00 bits per heavy atom. The summed E-state index contributed by atoms with van der Waals surface area (Å²) in [5.41, 5.74) is 4.60. The van der Waals surface area contributed by atoms with Gasteiger partial charge in [0.25, 0.3) is 0 Å². The highest BCUT2D eigenvalue weighted by Gasteiger charge is 2.19. The maximum Gasteiger partial charge on any atom is 0.225 e. The van der Waals surface area contributed by atoms with Crippen molar-refractivity contribution >= 4 is 44.7 Å². The van der Waals surface area contributed by atoms with Gasteiger partial charge in [0.15, 0.2) is 0 Å². The lowest BCUT2D eigenvalue weighted by Crippen LogP contribution is -1.97. The highest BCUT2D eigenvalue weighted by molar-refractivity contribution is 7.19. The smallest absolute Gasteiger partial charge is 0.225 e. The summed E-state index contributed by atoms with van der Waals surface area (Å²) in [4.78, 5) is 11.2. The van der Waals surface area contributed by atoms with Crippen molar-refractivity contribution in [3.63, 3.8) is 0 Å². The summed E-state index contributed by atoms with van der Waals surface area (Å²) >= 11 is 7.89. The number of fused-ring (bicyclic) bond motifs is 1. The van der Waals surface area contributed by atoms with Crippen molar-refractivity contribution in [1.82, 2.24) is 9.97 Å². The second kappa shape index (κ2) is 7.06. The number of benzene rings is 2. The molecule has 0 radical (unpaired) electrons. The van der Waals surface area contributed by atoms with Crippen LogP contribution in [0.15, 0.2) is 54.6 Å². The first kappa shape index (κ1) is 17.0. The molecule has 0 saturated heterocycles.